The summed E-state index contributed by atoms with van der Waals surface area (Å²) in [6.45, 7) is 5.22. The fraction of sp³-hybridized carbons (Fsp3) is 0.312. The van der Waals surface area contributed by atoms with Crippen LogP contribution < -0.4 is 5.56 Å². The lowest BCUT2D eigenvalue weighted by Crippen LogP contribution is -2.13. The van der Waals surface area contributed by atoms with E-state index in [0.29, 0.717) is 5.56 Å². The molecule has 0 atom stereocenters. The first-order chi connectivity index (χ1) is 12.8. The van der Waals surface area contributed by atoms with Crippen LogP contribution in [-0.4, -0.2) is 46.4 Å². The van der Waals surface area contributed by atoms with Gasteiger partial charge in [-0.05, 0) is 38.6 Å². The van der Waals surface area contributed by atoms with Gasteiger partial charge in [-0.2, -0.15) is 0 Å². The summed E-state index contributed by atoms with van der Waals surface area (Å²) >= 11 is 5.68. The minimum absolute atomic E-state index is 0.0431. The number of carbonyl (C=O) groups is 2. The van der Waals surface area contributed by atoms with Crippen molar-refractivity contribution >= 4 is 46.7 Å². The zero-order chi connectivity index (χ0) is 20.1. The second kappa shape index (κ2) is 8.73. The summed E-state index contributed by atoms with van der Waals surface area (Å²) in [5.74, 6) is -1.71. The van der Waals surface area contributed by atoms with E-state index < -0.39 is 23.4 Å². The van der Waals surface area contributed by atoms with Crippen molar-refractivity contribution in [1.29, 1.82) is 0 Å². The number of esters is 2. The third-order valence-electron chi connectivity index (χ3n) is 3.34. The molecule has 0 fully saturated rings. The van der Waals surface area contributed by atoms with Crippen molar-refractivity contribution in [2.75, 3.05) is 13.2 Å². The first-order valence-electron chi connectivity index (χ1n) is 7.87. The number of carbonyl (C=O) groups excluding carboxylic acids is 2. The summed E-state index contributed by atoms with van der Waals surface area (Å²) < 4.78 is 9.97. The lowest BCUT2D eigenvalue weighted by Gasteiger charge is -2.03. The van der Waals surface area contributed by atoms with Gasteiger partial charge >= 0.3 is 11.9 Å². The Morgan fingerprint density at radius 3 is 2.44 bits per heavy atom. The van der Waals surface area contributed by atoms with Crippen LogP contribution in [0.25, 0.3) is 0 Å². The predicted octanol–water partition coefficient (Wildman–Crippen LogP) is 2.61. The number of thiophene rings is 1. The topological polar surface area (TPSA) is 134 Å². The number of hydrogen-bond acceptors (Lipinski definition) is 9. The first kappa shape index (κ1) is 20.5. The molecule has 0 radical (unpaired) electrons. The molecule has 27 heavy (non-hydrogen) atoms. The largest absolute Gasteiger partial charge is 0.494 e. The van der Waals surface area contributed by atoms with Crippen molar-refractivity contribution in [3.05, 3.63) is 36.7 Å². The Bertz CT molecular complexity index is 1020. The molecule has 0 amide bonds. The van der Waals surface area contributed by atoms with Crippen molar-refractivity contribution < 1.29 is 24.2 Å². The SMILES string of the molecule is CCOC(=O)c1sc(N=Cc2c(O)[nH]c(=S)[nH]c2=O)c(C(=O)OCC)c1C. The quantitative estimate of drug-likeness (QED) is 0.378. The zero-order valence-electron chi connectivity index (χ0n) is 14.7. The average Bonchev–Trinajstić information content (AvgIpc) is 2.91. The fourth-order valence-corrected chi connectivity index (χ4v) is 3.38. The van der Waals surface area contributed by atoms with Crippen molar-refractivity contribution in [3.63, 3.8) is 0 Å². The van der Waals surface area contributed by atoms with Gasteiger partial charge in [0.25, 0.3) is 5.56 Å². The van der Waals surface area contributed by atoms with Crippen LogP contribution in [0.3, 0.4) is 0 Å². The minimum atomic E-state index is -0.656. The van der Waals surface area contributed by atoms with Gasteiger partial charge in [-0.3, -0.25) is 9.78 Å². The van der Waals surface area contributed by atoms with Gasteiger partial charge in [0, 0.05) is 6.21 Å². The average molecular weight is 411 g/mol. The van der Waals surface area contributed by atoms with E-state index in [2.05, 4.69) is 15.0 Å². The van der Waals surface area contributed by atoms with E-state index in [-0.39, 0.29) is 39.0 Å². The molecule has 2 heterocycles. The van der Waals surface area contributed by atoms with Crippen LogP contribution >= 0.6 is 23.6 Å². The number of hydrogen-bond donors (Lipinski definition) is 3. The Labute approximate surface area is 162 Å². The molecular weight excluding hydrogens is 394 g/mol. The zero-order valence-corrected chi connectivity index (χ0v) is 16.4. The van der Waals surface area contributed by atoms with Gasteiger partial charge in [0.05, 0.1) is 13.2 Å². The van der Waals surface area contributed by atoms with E-state index in [0.717, 1.165) is 17.6 Å². The van der Waals surface area contributed by atoms with Gasteiger partial charge in [-0.1, -0.05) is 0 Å². The summed E-state index contributed by atoms with van der Waals surface area (Å²) in [4.78, 5) is 45.3. The van der Waals surface area contributed by atoms with E-state index in [1.807, 2.05) is 0 Å². The third-order valence-corrected chi connectivity index (χ3v) is 4.72. The highest BCUT2D eigenvalue weighted by atomic mass is 32.1. The number of aromatic amines is 2. The van der Waals surface area contributed by atoms with E-state index in [9.17, 15) is 19.5 Å². The Morgan fingerprint density at radius 2 is 1.85 bits per heavy atom. The molecular formula is C16H17N3O6S2. The highest BCUT2D eigenvalue weighted by Crippen LogP contribution is 2.36. The molecule has 0 unspecified atom stereocenters. The predicted molar refractivity (Wildman–Crippen MR) is 102 cm³/mol. The van der Waals surface area contributed by atoms with Gasteiger partial charge < -0.3 is 19.6 Å². The van der Waals surface area contributed by atoms with Crippen LogP contribution in [0, 0.1) is 11.7 Å². The van der Waals surface area contributed by atoms with E-state index in [1.165, 1.54) is 0 Å². The van der Waals surface area contributed by atoms with E-state index >= 15 is 0 Å². The second-order valence-corrected chi connectivity index (χ2v) is 6.51. The van der Waals surface area contributed by atoms with Crippen LogP contribution in [0.4, 0.5) is 5.00 Å². The van der Waals surface area contributed by atoms with Crippen LogP contribution in [0.15, 0.2) is 9.79 Å². The van der Waals surface area contributed by atoms with Crippen LogP contribution in [0.2, 0.25) is 0 Å². The van der Waals surface area contributed by atoms with E-state index in [1.54, 1.807) is 20.8 Å². The number of nitrogens with one attached hydrogen (secondary N) is 2. The van der Waals surface area contributed by atoms with Crippen LogP contribution in [0.1, 0.15) is 45.0 Å². The monoisotopic (exact) mass is 411 g/mol. The third kappa shape index (κ3) is 4.49. The number of aromatic nitrogens is 2. The number of H-pyrrole nitrogens is 2. The minimum Gasteiger partial charge on any atom is -0.494 e. The second-order valence-electron chi connectivity index (χ2n) is 5.11. The fourth-order valence-electron chi connectivity index (χ4n) is 2.15. The summed E-state index contributed by atoms with van der Waals surface area (Å²) in [5.41, 5.74) is -0.366. The summed E-state index contributed by atoms with van der Waals surface area (Å²) in [7, 11) is 0. The normalized spacial score (nSPS) is 10.9. The molecule has 0 bridgehead atoms. The molecule has 0 aliphatic rings. The Kier molecular flexibility index (Phi) is 6.64. The number of aromatic hydroxyl groups is 1. The van der Waals surface area contributed by atoms with Gasteiger partial charge in [-0.15, -0.1) is 11.3 Å². The number of aliphatic imine (C=N–C) groups is 1. The number of ether oxygens (including phenoxy) is 2. The molecule has 0 aliphatic carbocycles. The maximum Gasteiger partial charge on any atom is 0.348 e. The van der Waals surface area contributed by atoms with Crippen molar-refractivity contribution in [3.8, 4) is 5.88 Å². The molecule has 0 aromatic carbocycles. The molecule has 144 valence electrons. The lowest BCUT2D eigenvalue weighted by molar-refractivity contribution is 0.0527. The maximum atomic E-state index is 12.3. The number of rotatable bonds is 6. The van der Waals surface area contributed by atoms with Crippen molar-refractivity contribution in [2.45, 2.75) is 20.8 Å². The van der Waals surface area contributed by atoms with Gasteiger partial charge in [0.15, 0.2) is 4.77 Å². The Balaban J connectivity index is 2.56. The highest BCUT2D eigenvalue weighted by Gasteiger charge is 2.26. The molecule has 2 aromatic rings. The highest BCUT2D eigenvalue weighted by molar-refractivity contribution is 7.71. The lowest BCUT2D eigenvalue weighted by atomic mass is 10.1. The molecule has 0 saturated heterocycles. The Hall–Kier alpha value is -2.79. The molecule has 3 N–H and O–H groups in total. The summed E-state index contributed by atoms with van der Waals surface area (Å²) in [6, 6.07) is 0. The molecule has 9 nitrogen and oxygen atoms in total. The molecule has 0 aliphatic heterocycles. The van der Waals surface area contributed by atoms with Crippen LogP contribution in [-0.2, 0) is 9.47 Å². The molecule has 2 aromatic heterocycles. The smallest absolute Gasteiger partial charge is 0.348 e. The van der Waals surface area contributed by atoms with Crippen molar-refractivity contribution in [1.82, 2.24) is 9.97 Å². The molecule has 11 heteroatoms. The summed E-state index contributed by atoms with van der Waals surface area (Å²) in [6.07, 6.45) is 1.07. The summed E-state index contributed by atoms with van der Waals surface area (Å²) in [5, 5.41) is 9.98. The van der Waals surface area contributed by atoms with Gasteiger partial charge in [-0.25, -0.2) is 14.6 Å². The van der Waals surface area contributed by atoms with Gasteiger partial charge in [0.1, 0.15) is 21.0 Å². The standard InChI is InChI=1S/C16H17N3O6S2/c1-4-24-14(22)9-7(3)10(15(23)25-5-2)27-13(9)17-6-8-11(20)18-16(26)19-12(8)21/h6H,4-5H2,1-3H3,(H3,18,19,20,21,26). The molecule has 2 rings (SSSR count). The van der Waals surface area contributed by atoms with Crippen molar-refractivity contribution in [2.24, 2.45) is 4.99 Å². The number of nitrogens with zero attached hydrogens (tertiary/aromatic N) is 1. The van der Waals surface area contributed by atoms with E-state index in [4.69, 9.17) is 21.7 Å². The Morgan fingerprint density at radius 1 is 1.22 bits per heavy atom. The maximum absolute atomic E-state index is 12.3. The first-order valence-corrected chi connectivity index (χ1v) is 9.09. The molecule has 0 saturated carbocycles. The van der Waals surface area contributed by atoms with Crippen LogP contribution in [0.5, 0.6) is 5.88 Å². The van der Waals surface area contributed by atoms with Gasteiger partial charge in [0.2, 0.25) is 5.88 Å². The molecule has 0 spiro atoms.